The average Bonchev–Trinajstić information content (AvgIpc) is 3.46. The molecule has 0 spiro atoms. The molecule has 1 saturated heterocycles. The van der Waals surface area contributed by atoms with Crippen molar-refractivity contribution in [1.29, 1.82) is 0 Å². The van der Waals surface area contributed by atoms with Crippen LogP contribution in [0.2, 0.25) is 0 Å². The minimum atomic E-state index is -3.65. The van der Waals surface area contributed by atoms with Crippen molar-refractivity contribution in [2.75, 3.05) is 19.6 Å². The minimum Gasteiger partial charge on any atom is -0.333 e. The summed E-state index contributed by atoms with van der Waals surface area (Å²) in [4.78, 5) is 8.08. The van der Waals surface area contributed by atoms with E-state index in [-0.39, 0.29) is 22.6 Å². The Morgan fingerprint density at radius 1 is 1.33 bits per heavy atom. The van der Waals surface area contributed by atoms with Crippen molar-refractivity contribution in [3.63, 3.8) is 0 Å². The highest BCUT2D eigenvalue weighted by atomic mass is 32.2. The Morgan fingerprint density at radius 2 is 2.10 bits per heavy atom. The lowest BCUT2D eigenvalue weighted by Crippen LogP contribution is -2.40. The van der Waals surface area contributed by atoms with E-state index in [1.54, 1.807) is 25.1 Å². The van der Waals surface area contributed by atoms with Gasteiger partial charge in [-0.25, -0.2) is 17.5 Å². The fourth-order valence-electron chi connectivity index (χ4n) is 3.70. The number of aryl methyl sites for hydroxylation is 1. The van der Waals surface area contributed by atoms with E-state index >= 15 is 0 Å². The first kappa shape index (κ1) is 21.1. The fraction of sp³-hybridized carbons (Fsp3) is 0.400. The number of hydrogen-bond acceptors (Lipinski definition) is 7. The highest BCUT2D eigenvalue weighted by molar-refractivity contribution is 7.89. The Hall–Kier alpha value is -2.14. The molecule has 0 saturated carbocycles. The minimum absolute atomic E-state index is 0.227. The summed E-state index contributed by atoms with van der Waals surface area (Å²) in [6.45, 7) is 6.18. The molecule has 160 valence electrons. The first-order valence-corrected chi connectivity index (χ1v) is 12.1. The van der Waals surface area contributed by atoms with Gasteiger partial charge in [0, 0.05) is 23.0 Å². The largest absolute Gasteiger partial charge is 0.333 e. The molecule has 1 aliphatic rings. The predicted molar refractivity (Wildman–Crippen MR) is 113 cm³/mol. The molecule has 2 aromatic heterocycles. The maximum atomic E-state index is 13.1. The zero-order valence-electron chi connectivity index (χ0n) is 16.8. The van der Waals surface area contributed by atoms with E-state index in [0.29, 0.717) is 27.7 Å². The second kappa shape index (κ2) is 8.54. The molecule has 0 radical (unpaired) electrons. The number of halogens is 1. The van der Waals surface area contributed by atoms with Gasteiger partial charge in [-0.1, -0.05) is 12.1 Å². The molecule has 1 N–H and O–H groups in total. The van der Waals surface area contributed by atoms with Crippen LogP contribution in [0.25, 0.3) is 22.2 Å². The molecule has 1 aromatic carbocycles. The summed E-state index contributed by atoms with van der Waals surface area (Å²) in [5, 5.41) is 3.93. The molecule has 1 atom stereocenters. The zero-order valence-corrected chi connectivity index (χ0v) is 18.4. The van der Waals surface area contributed by atoms with E-state index in [1.807, 2.05) is 0 Å². The zero-order chi connectivity index (χ0) is 21.3. The van der Waals surface area contributed by atoms with Crippen LogP contribution in [0.5, 0.6) is 0 Å². The monoisotopic (exact) mass is 450 g/mol. The number of nitrogens with one attached hydrogen (secondary N) is 1. The van der Waals surface area contributed by atoms with Gasteiger partial charge in [0.05, 0.1) is 9.77 Å². The predicted octanol–water partition coefficient (Wildman–Crippen LogP) is 3.68. The number of hydrogen-bond donors (Lipinski definition) is 1. The molecule has 3 aromatic rings. The van der Waals surface area contributed by atoms with E-state index < -0.39 is 10.0 Å². The molecule has 0 bridgehead atoms. The van der Waals surface area contributed by atoms with Crippen LogP contribution in [-0.4, -0.2) is 49.1 Å². The second-order valence-electron chi connectivity index (χ2n) is 7.24. The van der Waals surface area contributed by atoms with Gasteiger partial charge in [0.2, 0.25) is 15.8 Å². The molecule has 1 fully saturated rings. The fourth-order valence-corrected chi connectivity index (χ4v) is 6.29. The lowest BCUT2D eigenvalue weighted by molar-refractivity contribution is 0.268. The van der Waals surface area contributed by atoms with Gasteiger partial charge >= 0.3 is 0 Å². The van der Waals surface area contributed by atoms with Crippen LogP contribution in [0.15, 0.2) is 39.8 Å². The van der Waals surface area contributed by atoms with Crippen LogP contribution in [0.1, 0.15) is 24.6 Å². The maximum absolute atomic E-state index is 13.1. The van der Waals surface area contributed by atoms with Gasteiger partial charge in [0.15, 0.2) is 0 Å². The molecule has 0 aliphatic carbocycles. The van der Waals surface area contributed by atoms with Gasteiger partial charge in [-0.3, -0.25) is 4.90 Å². The van der Waals surface area contributed by atoms with Crippen molar-refractivity contribution in [2.45, 2.75) is 37.6 Å². The Labute approximate surface area is 179 Å². The molecule has 3 heterocycles. The van der Waals surface area contributed by atoms with Crippen molar-refractivity contribution in [1.82, 2.24) is 19.8 Å². The van der Waals surface area contributed by atoms with Crippen molar-refractivity contribution >= 4 is 21.4 Å². The third-order valence-corrected chi connectivity index (χ3v) is 8.03. The summed E-state index contributed by atoms with van der Waals surface area (Å²) < 4.78 is 47.0. The van der Waals surface area contributed by atoms with Crippen LogP contribution in [0.3, 0.4) is 0 Å². The second-order valence-corrected chi connectivity index (χ2v) is 10.2. The molecule has 4 rings (SSSR count). The molecular formula is C20H23FN4O3S2. The summed E-state index contributed by atoms with van der Waals surface area (Å²) in [6.07, 6.45) is 2.09. The average molecular weight is 451 g/mol. The molecule has 1 aliphatic heterocycles. The first-order chi connectivity index (χ1) is 14.4. The Balaban J connectivity index is 1.52. The quantitative estimate of drug-likeness (QED) is 0.591. The van der Waals surface area contributed by atoms with Gasteiger partial charge in [0.25, 0.3) is 5.89 Å². The van der Waals surface area contributed by atoms with Crippen molar-refractivity contribution in [3.8, 4) is 22.2 Å². The molecule has 0 unspecified atom stereocenters. The first-order valence-electron chi connectivity index (χ1n) is 9.81. The third-order valence-electron chi connectivity index (χ3n) is 5.32. The molecule has 0 amide bonds. The van der Waals surface area contributed by atoms with Crippen molar-refractivity contribution in [3.05, 3.63) is 41.0 Å². The molecule has 7 nitrogen and oxygen atoms in total. The molecule has 10 heteroatoms. The highest BCUT2D eigenvalue weighted by Crippen LogP contribution is 2.33. The van der Waals surface area contributed by atoms with Crippen molar-refractivity contribution < 1.29 is 17.3 Å². The van der Waals surface area contributed by atoms with Crippen molar-refractivity contribution in [2.24, 2.45) is 0 Å². The summed E-state index contributed by atoms with van der Waals surface area (Å²) in [5.74, 6) is 0.203. The lowest BCUT2D eigenvalue weighted by atomic mass is 10.2. The normalized spacial score (nSPS) is 17.6. The number of thiophene rings is 1. The van der Waals surface area contributed by atoms with E-state index in [2.05, 4.69) is 26.7 Å². The number of rotatable bonds is 7. The van der Waals surface area contributed by atoms with E-state index in [9.17, 15) is 12.8 Å². The maximum Gasteiger partial charge on any atom is 0.268 e. The summed E-state index contributed by atoms with van der Waals surface area (Å²) in [7, 11) is -3.65. The number of aromatic nitrogens is 2. The number of benzene rings is 1. The van der Waals surface area contributed by atoms with Gasteiger partial charge in [-0.2, -0.15) is 4.98 Å². The Morgan fingerprint density at radius 3 is 2.83 bits per heavy atom. The van der Waals surface area contributed by atoms with Gasteiger partial charge in [-0.05, 0) is 63.2 Å². The summed E-state index contributed by atoms with van der Waals surface area (Å²) in [6, 6.07) is 7.56. The lowest BCUT2D eigenvalue weighted by Gasteiger charge is -2.22. The molecule has 30 heavy (non-hydrogen) atoms. The van der Waals surface area contributed by atoms with Crippen LogP contribution in [-0.2, 0) is 10.0 Å². The van der Waals surface area contributed by atoms with E-state index in [1.165, 1.54) is 23.5 Å². The number of sulfonamides is 1. The van der Waals surface area contributed by atoms with Gasteiger partial charge in [0.1, 0.15) is 5.82 Å². The van der Waals surface area contributed by atoms with Gasteiger partial charge < -0.3 is 4.52 Å². The summed E-state index contributed by atoms with van der Waals surface area (Å²) >= 11 is 1.28. The van der Waals surface area contributed by atoms with Gasteiger partial charge in [-0.15, -0.1) is 11.3 Å². The smallest absolute Gasteiger partial charge is 0.268 e. The van der Waals surface area contributed by atoms with Crippen LogP contribution >= 0.6 is 11.3 Å². The number of likely N-dealkylation sites (tertiary alicyclic amines) is 1. The highest BCUT2D eigenvalue weighted by Gasteiger charge is 2.27. The summed E-state index contributed by atoms with van der Waals surface area (Å²) in [5.41, 5.74) is 0.617. The topological polar surface area (TPSA) is 88.3 Å². The number of nitrogens with zero attached hydrogens (tertiary/aromatic N) is 3. The Bertz CT molecular complexity index is 1130. The standard InChI is InChI=1S/C20H23FN4O3S2/c1-3-25-10-4-5-16(25)12-22-30(26,27)18-11-17(29-13(18)2)20-23-19(24-28-20)14-6-8-15(21)9-7-14/h6-9,11,16,22H,3-5,10,12H2,1-2H3/t16-/m1/s1. The van der Waals surface area contributed by atoms with E-state index in [4.69, 9.17) is 4.52 Å². The SMILES string of the molecule is CCN1CCC[C@@H]1CNS(=O)(=O)c1cc(-c2nc(-c3ccc(F)cc3)no2)sc1C. The third kappa shape index (κ3) is 4.31. The number of likely N-dealkylation sites (N-methyl/N-ethyl adjacent to an activating group) is 1. The van der Waals surface area contributed by atoms with Crippen LogP contribution < -0.4 is 4.72 Å². The Kier molecular flexibility index (Phi) is 6.01. The van der Waals surface area contributed by atoms with Crippen LogP contribution in [0.4, 0.5) is 4.39 Å². The van der Waals surface area contributed by atoms with Crippen LogP contribution in [0, 0.1) is 12.7 Å². The molecular weight excluding hydrogens is 427 g/mol. The van der Waals surface area contributed by atoms with E-state index in [0.717, 1.165) is 25.9 Å².